The zero-order valence-electron chi connectivity index (χ0n) is 27.2. The molecule has 1 unspecified atom stereocenters. The number of piperidine rings is 1. The number of carbonyl (C=O) groups excluding carboxylic acids is 4. The van der Waals surface area contributed by atoms with Crippen LogP contribution in [0, 0.1) is 11.8 Å². The van der Waals surface area contributed by atoms with Gasteiger partial charge in [-0.05, 0) is 71.4 Å². The predicted molar refractivity (Wildman–Crippen MR) is 165 cm³/mol. The van der Waals surface area contributed by atoms with Gasteiger partial charge >= 0.3 is 0 Å². The van der Waals surface area contributed by atoms with Gasteiger partial charge < -0.3 is 30.4 Å². The molecule has 0 aliphatic carbocycles. The van der Waals surface area contributed by atoms with Gasteiger partial charge in [0.25, 0.3) is 0 Å². The Kier molecular flexibility index (Phi) is 20.0. The van der Waals surface area contributed by atoms with E-state index in [0.29, 0.717) is 24.9 Å². The number of likely N-dealkylation sites (tertiary alicyclic amines) is 2. The fraction of sp³-hybridized carbons (Fsp3) is 0.806. The summed E-state index contributed by atoms with van der Waals surface area (Å²) in [5, 5.41) is 13.8. The van der Waals surface area contributed by atoms with Crippen molar-refractivity contribution in [3.05, 3.63) is 11.6 Å². The van der Waals surface area contributed by atoms with Crippen molar-refractivity contribution in [2.45, 2.75) is 106 Å². The normalized spacial score (nSPS) is 18.2. The Morgan fingerprint density at radius 1 is 0.976 bits per heavy atom. The van der Waals surface area contributed by atoms with E-state index in [1.807, 2.05) is 13.8 Å². The fourth-order valence-corrected chi connectivity index (χ4v) is 4.74. The second-order valence-electron chi connectivity index (χ2n) is 12.2. The highest BCUT2D eigenvalue weighted by molar-refractivity contribution is 5.97. The van der Waals surface area contributed by atoms with E-state index in [1.165, 1.54) is 37.3 Å². The topological polar surface area (TPSA) is 122 Å². The van der Waals surface area contributed by atoms with Crippen LogP contribution in [-0.2, 0) is 19.2 Å². The third-order valence-corrected chi connectivity index (χ3v) is 6.97. The maximum absolute atomic E-state index is 12.9. The van der Waals surface area contributed by atoms with Crippen LogP contribution in [0.5, 0.6) is 0 Å². The van der Waals surface area contributed by atoms with Crippen molar-refractivity contribution >= 4 is 24.1 Å². The third-order valence-electron chi connectivity index (χ3n) is 6.97. The van der Waals surface area contributed by atoms with Crippen LogP contribution in [0.3, 0.4) is 0 Å². The van der Waals surface area contributed by atoms with Gasteiger partial charge in [0.15, 0.2) is 0 Å². The van der Waals surface area contributed by atoms with Gasteiger partial charge in [-0.1, -0.05) is 47.1 Å². The maximum Gasteiger partial charge on any atom is 0.249 e. The zero-order valence-corrected chi connectivity index (χ0v) is 27.2. The summed E-state index contributed by atoms with van der Waals surface area (Å²) < 4.78 is 0. The average Bonchev–Trinajstić information content (AvgIpc) is 3.43. The molecule has 10 nitrogen and oxygen atoms in total. The molecule has 0 spiro atoms. The summed E-state index contributed by atoms with van der Waals surface area (Å²) in [5.41, 5.74) is 0.462. The number of likely N-dealkylation sites (N-methyl/N-ethyl adjacent to an activating group) is 1. The number of aliphatic hydroxyl groups excluding tert-OH is 1. The second kappa shape index (κ2) is 21.3. The summed E-state index contributed by atoms with van der Waals surface area (Å²) >= 11 is 0. The molecule has 0 aromatic carbocycles. The zero-order chi connectivity index (χ0) is 31.5. The Morgan fingerprint density at radius 3 is 2.02 bits per heavy atom. The minimum Gasteiger partial charge on any atom is -0.395 e. The number of rotatable bonds is 11. The molecule has 2 heterocycles. The SMILES string of the molecule is C/C(=C\[C@H](C(C)C)N(C)C(=O)CNC=O)C(=O)N1CCCC1C(=O)NCCO.CC(C)C.CC(C)N1CCCCC1. The Balaban J connectivity index is 0.00000101. The lowest BCUT2D eigenvalue weighted by atomic mass is 9.99. The summed E-state index contributed by atoms with van der Waals surface area (Å²) in [6.45, 7) is 19.7. The van der Waals surface area contributed by atoms with Gasteiger partial charge in [0, 0.05) is 31.8 Å². The van der Waals surface area contributed by atoms with Gasteiger partial charge in [-0.3, -0.25) is 19.2 Å². The highest BCUT2D eigenvalue weighted by Gasteiger charge is 2.34. The molecule has 0 saturated carbocycles. The highest BCUT2D eigenvalue weighted by atomic mass is 16.3. The number of nitrogens with one attached hydrogen (secondary N) is 2. The molecular formula is C31H59N5O5. The first kappa shape index (κ1) is 38.5. The smallest absolute Gasteiger partial charge is 0.249 e. The largest absolute Gasteiger partial charge is 0.395 e. The number of hydrogen-bond acceptors (Lipinski definition) is 6. The molecular weight excluding hydrogens is 522 g/mol. The molecule has 4 amide bonds. The second-order valence-corrected chi connectivity index (χ2v) is 12.2. The Hall–Kier alpha value is -2.46. The lowest BCUT2D eigenvalue weighted by molar-refractivity contribution is -0.135. The summed E-state index contributed by atoms with van der Waals surface area (Å²) in [7, 11) is 1.63. The molecule has 2 rings (SSSR count). The van der Waals surface area contributed by atoms with Gasteiger partial charge in [-0.2, -0.15) is 0 Å². The average molecular weight is 582 g/mol. The van der Waals surface area contributed by atoms with Gasteiger partial charge in [-0.25, -0.2) is 0 Å². The van der Waals surface area contributed by atoms with Crippen LogP contribution in [-0.4, -0.2) is 108 Å². The number of nitrogens with zero attached hydrogens (tertiary/aromatic N) is 3. The number of carbonyl (C=O) groups is 4. The minimum atomic E-state index is -0.545. The molecule has 0 radical (unpaired) electrons. The van der Waals surface area contributed by atoms with Crippen molar-refractivity contribution in [1.29, 1.82) is 0 Å². The number of aliphatic hydroxyl groups is 1. The monoisotopic (exact) mass is 581 g/mol. The van der Waals surface area contributed by atoms with Crippen LogP contribution in [0.4, 0.5) is 0 Å². The summed E-state index contributed by atoms with van der Waals surface area (Å²) in [4.78, 5) is 53.4. The molecule has 0 aromatic rings. The van der Waals surface area contributed by atoms with Gasteiger partial charge in [0.2, 0.25) is 24.1 Å². The fourth-order valence-electron chi connectivity index (χ4n) is 4.74. The van der Waals surface area contributed by atoms with Crippen molar-refractivity contribution in [3.8, 4) is 0 Å². The van der Waals surface area contributed by atoms with Crippen molar-refractivity contribution in [1.82, 2.24) is 25.3 Å². The van der Waals surface area contributed by atoms with Crippen molar-refractivity contribution in [3.63, 3.8) is 0 Å². The van der Waals surface area contributed by atoms with Gasteiger partial charge in [-0.15, -0.1) is 0 Å². The first-order valence-electron chi connectivity index (χ1n) is 15.3. The van der Waals surface area contributed by atoms with Crippen molar-refractivity contribution in [2.75, 3.05) is 46.4 Å². The quantitative estimate of drug-likeness (QED) is 0.255. The molecule has 0 bridgehead atoms. The molecule has 2 aliphatic rings. The Bertz CT molecular complexity index is 806. The molecule has 2 fully saturated rings. The Morgan fingerprint density at radius 2 is 1.56 bits per heavy atom. The summed E-state index contributed by atoms with van der Waals surface area (Å²) in [5.74, 6) is 0.124. The molecule has 0 aromatic heterocycles. The molecule has 3 N–H and O–H groups in total. The lowest BCUT2D eigenvalue weighted by Gasteiger charge is -2.30. The lowest BCUT2D eigenvalue weighted by Crippen LogP contribution is -2.47. The number of amides is 4. The standard InChI is InChI=1S/C19H32N4O5.C8H17N.C4H10/c1-13(2)16(22(4)17(26)11-20-12-25)10-14(3)19(28)23-8-5-6-15(23)18(27)21-7-9-24;1-8(2)9-6-4-3-5-7-9;1-4(2)3/h10,12-13,15-16,24H,5-9,11H2,1-4H3,(H,20,25)(H,21,27);8H,3-7H2,1-2H3;4H,1-3H3/b14-10+;;/t15?,16-;;/m1../s1. The van der Waals surface area contributed by atoms with E-state index in [2.05, 4.69) is 50.2 Å². The van der Waals surface area contributed by atoms with Crippen LogP contribution >= 0.6 is 0 Å². The third kappa shape index (κ3) is 15.4. The highest BCUT2D eigenvalue weighted by Crippen LogP contribution is 2.21. The van der Waals surface area contributed by atoms with E-state index in [0.717, 1.165) is 18.4 Å². The summed E-state index contributed by atoms with van der Waals surface area (Å²) in [6.07, 6.45) is 7.81. The molecule has 10 heteroatoms. The van der Waals surface area contributed by atoms with Crippen molar-refractivity contribution in [2.24, 2.45) is 11.8 Å². The van der Waals surface area contributed by atoms with E-state index in [1.54, 1.807) is 24.9 Å². The molecule has 41 heavy (non-hydrogen) atoms. The van der Waals surface area contributed by atoms with Crippen LogP contribution in [0.2, 0.25) is 0 Å². The van der Waals surface area contributed by atoms with E-state index < -0.39 is 6.04 Å². The number of hydrogen-bond donors (Lipinski definition) is 3. The van der Waals surface area contributed by atoms with Gasteiger partial charge in [0.1, 0.15) is 6.04 Å². The van der Waals surface area contributed by atoms with E-state index in [9.17, 15) is 19.2 Å². The van der Waals surface area contributed by atoms with Crippen LogP contribution in [0.1, 0.15) is 87.5 Å². The summed E-state index contributed by atoms with van der Waals surface area (Å²) in [6, 6.07) is -0.101. The molecule has 2 atom stereocenters. The first-order chi connectivity index (χ1) is 19.3. The van der Waals surface area contributed by atoms with Gasteiger partial charge in [0.05, 0.1) is 19.2 Å². The van der Waals surface area contributed by atoms with Crippen LogP contribution in [0.25, 0.3) is 0 Å². The van der Waals surface area contributed by atoms with Crippen LogP contribution < -0.4 is 10.6 Å². The maximum atomic E-state index is 12.9. The van der Waals surface area contributed by atoms with E-state index in [-0.39, 0.29) is 49.4 Å². The molecule has 2 aliphatic heterocycles. The van der Waals surface area contributed by atoms with E-state index >= 15 is 0 Å². The van der Waals surface area contributed by atoms with Crippen molar-refractivity contribution < 1.29 is 24.3 Å². The van der Waals surface area contributed by atoms with Crippen LogP contribution in [0.15, 0.2) is 11.6 Å². The predicted octanol–water partition coefficient (Wildman–Crippen LogP) is 2.80. The Labute approximate surface area is 249 Å². The molecule has 238 valence electrons. The van der Waals surface area contributed by atoms with E-state index in [4.69, 9.17) is 5.11 Å². The molecule has 2 saturated heterocycles. The minimum absolute atomic E-state index is 0.0511. The first-order valence-corrected chi connectivity index (χ1v) is 15.3.